The fraction of sp³-hybridized carbons (Fsp3) is 0.542. The molecular weight excluding hydrogens is 394 g/mol. The van der Waals surface area contributed by atoms with Crippen LogP contribution in [0.25, 0.3) is 0 Å². The number of nitrogens with one attached hydrogen (secondary N) is 2. The summed E-state index contributed by atoms with van der Waals surface area (Å²) in [6, 6.07) is 6.40. The van der Waals surface area contributed by atoms with Crippen molar-refractivity contribution in [3.8, 4) is 0 Å². The van der Waals surface area contributed by atoms with E-state index >= 15 is 0 Å². The van der Waals surface area contributed by atoms with Crippen LogP contribution in [0.15, 0.2) is 35.5 Å². The molecule has 0 aliphatic carbocycles. The highest BCUT2D eigenvalue weighted by atomic mass is 16.5. The molecular formula is C24H35N3O4. The van der Waals surface area contributed by atoms with Gasteiger partial charge in [0.2, 0.25) is 5.91 Å². The van der Waals surface area contributed by atoms with Crippen LogP contribution in [0.5, 0.6) is 0 Å². The molecule has 1 aliphatic rings. The molecule has 1 aromatic rings. The molecule has 1 heterocycles. The van der Waals surface area contributed by atoms with Crippen LogP contribution in [0, 0.1) is 0 Å². The van der Waals surface area contributed by atoms with Crippen LogP contribution in [-0.2, 0) is 14.3 Å². The SMILES string of the molecule is CCCCCC(=O)Nc1ccc([C@@H]2NC(=O)N(CCCC)C(C)=C2C(=O)OCC)cc1. The minimum absolute atomic E-state index is 0.0123. The second-order valence-electron chi connectivity index (χ2n) is 7.73. The molecule has 0 spiro atoms. The Kier molecular flexibility index (Phi) is 9.56. The zero-order valence-electron chi connectivity index (χ0n) is 19.1. The highest BCUT2D eigenvalue weighted by Crippen LogP contribution is 2.32. The van der Waals surface area contributed by atoms with Gasteiger partial charge >= 0.3 is 12.0 Å². The van der Waals surface area contributed by atoms with E-state index in [0.29, 0.717) is 29.9 Å². The number of hydrogen-bond acceptors (Lipinski definition) is 4. The van der Waals surface area contributed by atoms with E-state index in [9.17, 15) is 14.4 Å². The third-order valence-electron chi connectivity index (χ3n) is 5.36. The molecule has 31 heavy (non-hydrogen) atoms. The van der Waals surface area contributed by atoms with E-state index in [0.717, 1.165) is 37.7 Å². The first kappa shape index (κ1) is 24.4. The number of rotatable bonds is 11. The predicted molar refractivity (Wildman–Crippen MR) is 121 cm³/mol. The highest BCUT2D eigenvalue weighted by molar-refractivity contribution is 5.95. The molecule has 1 aromatic carbocycles. The molecule has 7 nitrogen and oxygen atoms in total. The summed E-state index contributed by atoms with van der Waals surface area (Å²) in [6.45, 7) is 8.52. The molecule has 170 valence electrons. The number of allylic oxidation sites excluding steroid dienone is 1. The lowest BCUT2D eigenvalue weighted by Crippen LogP contribution is -2.48. The van der Waals surface area contributed by atoms with Crippen molar-refractivity contribution in [2.75, 3.05) is 18.5 Å². The van der Waals surface area contributed by atoms with Gasteiger partial charge in [-0.15, -0.1) is 0 Å². The Balaban J connectivity index is 2.24. The summed E-state index contributed by atoms with van der Waals surface area (Å²) in [4.78, 5) is 39.1. The monoisotopic (exact) mass is 429 g/mol. The average Bonchev–Trinajstić information content (AvgIpc) is 2.74. The molecule has 7 heteroatoms. The molecule has 0 saturated carbocycles. The van der Waals surface area contributed by atoms with Gasteiger partial charge in [-0.1, -0.05) is 45.2 Å². The van der Waals surface area contributed by atoms with Crippen LogP contribution >= 0.6 is 0 Å². The van der Waals surface area contributed by atoms with E-state index in [1.165, 1.54) is 0 Å². The molecule has 2 rings (SSSR count). The topological polar surface area (TPSA) is 87.7 Å². The number of carbonyl (C=O) groups excluding carboxylic acids is 3. The van der Waals surface area contributed by atoms with Crippen molar-refractivity contribution in [3.05, 3.63) is 41.1 Å². The maximum Gasteiger partial charge on any atom is 0.338 e. The Morgan fingerprint density at radius 3 is 2.35 bits per heavy atom. The van der Waals surface area contributed by atoms with Crippen LogP contribution in [0.3, 0.4) is 0 Å². The van der Waals surface area contributed by atoms with Gasteiger partial charge in [-0.25, -0.2) is 9.59 Å². The summed E-state index contributed by atoms with van der Waals surface area (Å²) in [5, 5.41) is 5.84. The van der Waals surface area contributed by atoms with Crippen LogP contribution in [0.2, 0.25) is 0 Å². The molecule has 0 radical (unpaired) electrons. The van der Waals surface area contributed by atoms with Gasteiger partial charge in [0.15, 0.2) is 0 Å². The Bertz CT molecular complexity index is 802. The molecule has 0 fully saturated rings. The quantitative estimate of drug-likeness (QED) is 0.386. The van der Waals surface area contributed by atoms with Crippen LogP contribution in [0.1, 0.15) is 77.8 Å². The number of unbranched alkanes of at least 4 members (excludes halogenated alkanes) is 3. The van der Waals surface area contributed by atoms with Crippen molar-refractivity contribution in [2.24, 2.45) is 0 Å². The van der Waals surface area contributed by atoms with Crippen LogP contribution in [-0.4, -0.2) is 36.0 Å². The van der Waals surface area contributed by atoms with E-state index < -0.39 is 12.0 Å². The number of urea groups is 1. The van der Waals surface area contributed by atoms with Crippen molar-refractivity contribution >= 4 is 23.6 Å². The largest absolute Gasteiger partial charge is 0.463 e. The lowest BCUT2D eigenvalue weighted by atomic mass is 9.94. The van der Waals surface area contributed by atoms with E-state index in [-0.39, 0.29) is 18.5 Å². The zero-order chi connectivity index (χ0) is 22.8. The summed E-state index contributed by atoms with van der Waals surface area (Å²) in [5.74, 6) is -0.443. The summed E-state index contributed by atoms with van der Waals surface area (Å²) in [7, 11) is 0. The standard InChI is InChI=1S/C24H35N3O4/c1-5-8-10-11-20(28)25-19-14-12-18(13-15-19)22-21(23(29)31-7-3)17(4)27(16-9-6-2)24(30)26-22/h12-15,22H,5-11,16H2,1-4H3,(H,25,28)(H,26,30)/t22-/m0/s1. The normalized spacial score (nSPS) is 16.2. The molecule has 0 saturated heterocycles. The fourth-order valence-electron chi connectivity index (χ4n) is 3.61. The number of ether oxygens (including phenoxy) is 1. The minimum atomic E-state index is -0.598. The predicted octanol–water partition coefficient (Wildman–Crippen LogP) is 4.91. The smallest absolute Gasteiger partial charge is 0.338 e. The number of amides is 3. The molecule has 1 atom stereocenters. The van der Waals surface area contributed by atoms with E-state index in [1.807, 2.05) is 12.1 Å². The van der Waals surface area contributed by atoms with Crippen LogP contribution in [0.4, 0.5) is 10.5 Å². The Labute approximate surface area is 185 Å². The third-order valence-corrected chi connectivity index (χ3v) is 5.36. The Morgan fingerprint density at radius 2 is 1.74 bits per heavy atom. The summed E-state index contributed by atoms with van der Waals surface area (Å²) < 4.78 is 5.28. The van der Waals surface area contributed by atoms with E-state index in [4.69, 9.17) is 4.74 Å². The lowest BCUT2D eigenvalue weighted by Gasteiger charge is -2.35. The van der Waals surface area contributed by atoms with Gasteiger partial charge in [0, 0.05) is 24.4 Å². The first-order chi connectivity index (χ1) is 14.9. The van der Waals surface area contributed by atoms with Crippen molar-refractivity contribution < 1.29 is 19.1 Å². The van der Waals surface area contributed by atoms with Gasteiger partial charge in [-0.2, -0.15) is 0 Å². The number of nitrogens with zero attached hydrogens (tertiary/aromatic N) is 1. The lowest BCUT2D eigenvalue weighted by molar-refractivity contribution is -0.139. The molecule has 0 bridgehead atoms. The summed E-state index contributed by atoms with van der Waals surface area (Å²) in [6.07, 6.45) is 5.26. The molecule has 0 aromatic heterocycles. The molecule has 1 aliphatic heterocycles. The van der Waals surface area contributed by atoms with Gasteiger partial charge in [-0.3, -0.25) is 9.69 Å². The average molecular weight is 430 g/mol. The fourth-order valence-corrected chi connectivity index (χ4v) is 3.61. The van der Waals surface area contributed by atoms with E-state index in [2.05, 4.69) is 24.5 Å². The molecule has 0 unspecified atom stereocenters. The summed E-state index contributed by atoms with van der Waals surface area (Å²) in [5.41, 5.74) is 2.51. The van der Waals surface area contributed by atoms with Gasteiger partial charge in [-0.05, 0) is 44.4 Å². The second-order valence-corrected chi connectivity index (χ2v) is 7.73. The molecule has 3 amide bonds. The van der Waals surface area contributed by atoms with Gasteiger partial charge in [0.1, 0.15) is 0 Å². The number of benzene rings is 1. The van der Waals surface area contributed by atoms with E-state index in [1.54, 1.807) is 30.9 Å². The Morgan fingerprint density at radius 1 is 1.06 bits per heavy atom. The first-order valence-electron chi connectivity index (χ1n) is 11.3. The second kappa shape index (κ2) is 12.1. The summed E-state index contributed by atoms with van der Waals surface area (Å²) >= 11 is 0. The maximum atomic E-state index is 12.7. The number of hydrogen-bond donors (Lipinski definition) is 2. The van der Waals surface area contributed by atoms with Crippen LogP contribution < -0.4 is 10.6 Å². The number of anilines is 1. The maximum absolute atomic E-state index is 12.7. The molecule has 2 N–H and O–H groups in total. The highest BCUT2D eigenvalue weighted by Gasteiger charge is 2.36. The van der Waals surface area contributed by atoms with Gasteiger partial charge in [0.05, 0.1) is 18.2 Å². The minimum Gasteiger partial charge on any atom is -0.463 e. The zero-order valence-corrected chi connectivity index (χ0v) is 19.1. The Hall–Kier alpha value is -2.83. The van der Waals surface area contributed by atoms with Crippen molar-refractivity contribution in [1.82, 2.24) is 10.2 Å². The van der Waals surface area contributed by atoms with Crippen molar-refractivity contribution in [1.29, 1.82) is 0 Å². The number of esters is 1. The first-order valence-corrected chi connectivity index (χ1v) is 11.3. The third kappa shape index (κ3) is 6.57. The van der Waals surface area contributed by atoms with Gasteiger partial charge in [0.25, 0.3) is 0 Å². The number of carbonyl (C=O) groups is 3. The van der Waals surface area contributed by atoms with Crippen molar-refractivity contribution in [3.63, 3.8) is 0 Å². The van der Waals surface area contributed by atoms with Crippen molar-refractivity contribution in [2.45, 2.75) is 72.3 Å². The van der Waals surface area contributed by atoms with Gasteiger partial charge < -0.3 is 15.4 Å².